The number of ether oxygens (including phenoxy) is 3. The molecule has 0 spiro atoms. The van der Waals surface area contributed by atoms with E-state index >= 15 is 0 Å². The maximum absolute atomic E-state index is 5.81. The lowest BCUT2D eigenvalue weighted by atomic mass is 10.2. The summed E-state index contributed by atoms with van der Waals surface area (Å²) in [4.78, 5) is 4.13. The van der Waals surface area contributed by atoms with Crippen LogP contribution in [0.25, 0.3) is 0 Å². The number of pyridine rings is 1. The Kier molecular flexibility index (Phi) is 8.01. The molecular formula is C19H25BrN2O3. The Morgan fingerprint density at radius 1 is 1.24 bits per heavy atom. The second-order valence-corrected chi connectivity index (χ2v) is 6.68. The van der Waals surface area contributed by atoms with Gasteiger partial charge in [0.1, 0.15) is 0 Å². The highest BCUT2D eigenvalue weighted by Gasteiger charge is 2.12. The van der Waals surface area contributed by atoms with Crippen molar-refractivity contribution in [2.24, 2.45) is 0 Å². The first kappa shape index (κ1) is 19.5. The molecule has 0 aliphatic carbocycles. The number of benzene rings is 1. The maximum Gasteiger partial charge on any atom is 0.213 e. The average Bonchev–Trinajstić information content (AvgIpc) is 2.60. The summed E-state index contributed by atoms with van der Waals surface area (Å²) >= 11 is 3.57. The summed E-state index contributed by atoms with van der Waals surface area (Å²) in [6, 6.07) is 9.70. The molecule has 6 heteroatoms. The first-order valence-electron chi connectivity index (χ1n) is 8.37. The van der Waals surface area contributed by atoms with Crippen LogP contribution < -0.4 is 19.5 Å². The standard InChI is InChI=1S/C19H25BrN2O3/c1-14(2)25-19-16(20)11-15(12-17(19)23-3)13-21-8-6-10-24-18-7-4-5-9-22-18/h4-5,7,9,11-12,14,21H,6,8,10,13H2,1-3H3. The third kappa shape index (κ3) is 6.55. The van der Waals surface area contributed by atoms with Crippen LogP contribution in [0.4, 0.5) is 0 Å². The molecule has 2 rings (SSSR count). The van der Waals surface area contributed by atoms with Gasteiger partial charge in [0, 0.05) is 18.8 Å². The number of methoxy groups -OCH3 is 1. The van der Waals surface area contributed by atoms with Crippen molar-refractivity contribution < 1.29 is 14.2 Å². The van der Waals surface area contributed by atoms with E-state index in [1.54, 1.807) is 13.3 Å². The number of hydrogen-bond donors (Lipinski definition) is 1. The molecule has 0 aliphatic rings. The Balaban J connectivity index is 1.77. The predicted molar refractivity (Wildman–Crippen MR) is 103 cm³/mol. The molecule has 0 aliphatic heterocycles. The second-order valence-electron chi connectivity index (χ2n) is 5.82. The molecule has 0 saturated heterocycles. The van der Waals surface area contributed by atoms with Crippen LogP contribution in [0.5, 0.6) is 17.4 Å². The Labute approximate surface area is 157 Å². The summed E-state index contributed by atoms with van der Waals surface area (Å²) in [5, 5.41) is 3.41. The highest BCUT2D eigenvalue weighted by Crippen LogP contribution is 2.37. The van der Waals surface area contributed by atoms with E-state index < -0.39 is 0 Å². The summed E-state index contributed by atoms with van der Waals surface area (Å²) in [5.41, 5.74) is 1.13. The van der Waals surface area contributed by atoms with E-state index in [1.807, 2.05) is 38.1 Å². The van der Waals surface area contributed by atoms with Gasteiger partial charge >= 0.3 is 0 Å². The zero-order chi connectivity index (χ0) is 18.1. The number of rotatable bonds is 10. The van der Waals surface area contributed by atoms with Crippen LogP contribution in [0.15, 0.2) is 41.0 Å². The van der Waals surface area contributed by atoms with Crippen molar-refractivity contribution in [2.75, 3.05) is 20.3 Å². The molecule has 0 fully saturated rings. The zero-order valence-electron chi connectivity index (χ0n) is 14.9. The summed E-state index contributed by atoms with van der Waals surface area (Å²) in [7, 11) is 1.65. The minimum absolute atomic E-state index is 0.0910. The van der Waals surface area contributed by atoms with Crippen molar-refractivity contribution in [3.05, 3.63) is 46.6 Å². The Hall–Kier alpha value is -1.79. The van der Waals surface area contributed by atoms with Gasteiger partial charge in [-0.25, -0.2) is 4.98 Å². The highest BCUT2D eigenvalue weighted by atomic mass is 79.9. The molecule has 25 heavy (non-hydrogen) atoms. The normalized spacial score (nSPS) is 10.8. The summed E-state index contributed by atoms with van der Waals surface area (Å²) in [5.74, 6) is 2.14. The molecule has 5 nitrogen and oxygen atoms in total. The van der Waals surface area contributed by atoms with E-state index in [9.17, 15) is 0 Å². The van der Waals surface area contributed by atoms with Crippen LogP contribution in [0.1, 0.15) is 25.8 Å². The molecule has 1 aromatic carbocycles. The molecule has 1 N–H and O–H groups in total. The number of aromatic nitrogens is 1. The number of nitrogens with zero attached hydrogens (tertiary/aromatic N) is 1. The Morgan fingerprint density at radius 3 is 2.76 bits per heavy atom. The number of hydrogen-bond acceptors (Lipinski definition) is 5. The van der Waals surface area contributed by atoms with Crippen molar-refractivity contribution in [1.29, 1.82) is 0 Å². The average molecular weight is 409 g/mol. The summed E-state index contributed by atoms with van der Waals surface area (Å²) in [6.07, 6.45) is 2.72. The van der Waals surface area contributed by atoms with Crippen LogP contribution in [0.3, 0.4) is 0 Å². The van der Waals surface area contributed by atoms with E-state index in [1.165, 1.54) is 0 Å². The van der Waals surface area contributed by atoms with Gasteiger partial charge in [-0.3, -0.25) is 0 Å². The second kappa shape index (κ2) is 10.3. The third-order valence-corrected chi connectivity index (χ3v) is 3.95. The minimum Gasteiger partial charge on any atom is -0.493 e. The molecule has 0 radical (unpaired) electrons. The van der Waals surface area contributed by atoms with Gasteiger partial charge in [-0.2, -0.15) is 0 Å². The molecule has 136 valence electrons. The van der Waals surface area contributed by atoms with E-state index in [0.717, 1.165) is 41.0 Å². The van der Waals surface area contributed by atoms with E-state index in [-0.39, 0.29) is 6.10 Å². The van der Waals surface area contributed by atoms with Gasteiger partial charge in [-0.1, -0.05) is 6.07 Å². The van der Waals surface area contributed by atoms with E-state index in [2.05, 4.69) is 32.3 Å². The quantitative estimate of drug-likeness (QED) is 0.597. The topological polar surface area (TPSA) is 52.6 Å². The van der Waals surface area contributed by atoms with Gasteiger partial charge in [0.15, 0.2) is 11.5 Å². The van der Waals surface area contributed by atoms with Crippen LogP contribution in [-0.4, -0.2) is 31.3 Å². The van der Waals surface area contributed by atoms with Crippen molar-refractivity contribution in [1.82, 2.24) is 10.3 Å². The summed E-state index contributed by atoms with van der Waals surface area (Å²) in [6.45, 7) is 6.23. The largest absolute Gasteiger partial charge is 0.493 e. The third-order valence-electron chi connectivity index (χ3n) is 3.36. The smallest absolute Gasteiger partial charge is 0.213 e. The maximum atomic E-state index is 5.81. The van der Waals surface area contributed by atoms with Gasteiger partial charge < -0.3 is 19.5 Å². The van der Waals surface area contributed by atoms with Crippen LogP contribution in [0, 0.1) is 0 Å². The first-order chi connectivity index (χ1) is 12.1. The fraction of sp³-hybridized carbons (Fsp3) is 0.421. The number of halogens is 1. The molecule has 0 amide bonds. The monoisotopic (exact) mass is 408 g/mol. The lowest BCUT2D eigenvalue weighted by Crippen LogP contribution is -2.17. The van der Waals surface area contributed by atoms with Crippen molar-refractivity contribution in [2.45, 2.75) is 32.9 Å². The fourth-order valence-corrected chi connectivity index (χ4v) is 2.85. The molecule has 0 unspecified atom stereocenters. The molecular weight excluding hydrogens is 384 g/mol. The molecule has 0 saturated carbocycles. The van der Waals surface area contributed by atoms with E-state index in [4.69, 9.17) is 14.2 Å². The lowest BCUT2D eigenvalue weighted by Gasteiger charge is -2.16. The lowest BCUT2D eigenvalue weighted by molar-refractivity contribution is 0.228. The highest BCUT2D eigenvalue weighted by molar-refractivity contribution is 9.10. The Morgan fingerprint density at radius 2 is 2.08 bits per heavy atom. The fourth-order valence-electron chi connectivity index (χ4n) is 2.26. The molecule has 1 heterocycles. The van der Waals surface area contributed by atoms with Crippen molar-refractivity contribution in [3.63, 3.8) is 0 Å². The van der Waals surface area contributed by atoms with E-state index in [0.29, 0.717) is 12.5 Å². The zero-order valence-corrected chi connectivity index (χ0v) is 16.5. The van der Waals surface area contributed by atoms with Crippen LogP contribution in [-0.2, 0) is 6.54 Å². The first-order valence-corrected chi connectivity index (χ1v) is 9.17. The summed E-state index contributed by atoms with van der Waals surface area (Å²) < 4.78 is 17.7. The molecule has 2 aromatic rings. The predicted octanol–water partition coefficient (Wildman–Crippen LogP) is 4.20. The van der Waals surface area contributed by atoms with Crippen LogP contribution in [0.2, 0.25) is 0 Å². The van der Waals surface area contributed by atoms with Crippen molar-refractivity contribution >= 4 is 15.9 Å². The van der Waals surface area contributed by atoms with Gasteiger partial charge in [0.2, 0.25) is 5.88 Å². The minimum atomic E-state index is 0.0910. The van der Waals surface area contributed by atoms with Gasteiger partial charge in [0.25, 0.3) is 0 Å². The number of nitrogens with one attached hydrogen (secondary N) is 1. The molecule has 0 bridgehead atoms. The van der Waals surface area contributed by atoms with Gasteiger partial charge in [0.05, 0.1) is 24.3 Å². The van der Waals surface area contributed by atoms with Crippen molar-refractivity contribution in [3.8, 4) is 17.4 Å². The molecule has 0 atom stereocenters. The van der Waals surface area contributed by atoms with Gasteiger partial charge in [-0.15, -0.1) is 0 Å². The SMILES string of the molecule is COc1cc(CNCCCOc2ccccn2)cc(Br)c1OC(C)C. The van der Waals surface area contributed by atoms with Crippen LogP contribution >= 0.6 is 15.9 Å². The molecule has 1 aromatic heterocycles. The Bertz CT molecular complexity index is 651. The van der Waals surface area contributed by atoms with Gasteiger partial charge in [-0.05, 0) is 66.5 Å².